The Bertz CT molecular complexity index is 1280. The molecule has 1 aliphatic heterocycles. The van der Waals surface area contributed by atoms with Crippen LogP contribution < -0.4 is 4.74 Å². The van der Waals surface area contributed by atoms with Gasteiger partial charge < -0.3 is 9.47 Å². The number of rotatable bonds is 9. The van der Waals surface area contributed by atoms with Gasteiger partial charge >= 0.3 is 6.11 Å². The first-order valence-electron chi connectivity index (χ1n) is 12.9. The maximum absolute atomic E-state index is 14.8. The molecule has 0 aliphatic carbocycles. The van der Waals surface area contributed by atoms with Gasteiger partial charge in [-0.15, -0.1) is 0 Å². The molecule has 0 N–H and O–H groups in total. The van der Waals surface area contributed by atoms with Crippen molar-refractivity contribution < 1.29 is 40.2 Å². The first-order chi connectivity index (χ1) is 18.5. The van der Waals surface area contributed by atoms with Gasteiger partial charge in [-0.05, 0) is 60.9 Å². The Hall–Kier alpha value is -3.07. The monoisotopic (exact) mass is 554 g/mol. The molecule has 1 saturated heterocycles. The molecular formula is C30H29F7O2. The highest BCUT2D eigenvalue weighted by Crippen LogP contribution is 2.39. The Labute approximate surface area is 222 Å². The number of ether oxygens (including phenoxy) is 2. The van der Waals surface area contributed by atoms with Crippen molar-refractivity contribution in [3.05, 3.63) is 88.2 Å². The maximum Gasteiger partial charge on any atom is 0.432 e. The van der Waals surface area contributed by atoms with Gasteiger partial charge in [-0.3, -0.25) is 0 Å². The molecular weight excluding hydrogens is 525 g/mol. The van der Waals surface area contributed by atoms with Gasteiger partial charge in [-0.25, -0.2) is 22.0 Å². The van der Waals surface area contributed by atoms with Crippen LogP contribution in [0.4, 0.5) is 30.7 Å². The Morgan fingerprint density at radius 3 is 2.10 bits per heavy atom. The van der Waals surface area contributed by atoms with E-state index in [1.165, 1.54) is 19.3 Å². The standard InChI is InChI=1S/C30H29F7O2/c1-3-4-5-6-18-7-12-25(38-16-18)20-10-8-19(9-11-20)21-13-22(31)27(23(32)14-21)30(36,37)39-26-15-24(33)29(35)28(34)17(26)2/h8-11,13-15,18,25H,3-7,12,16H2,1-2H3. The van der Waals surface area contributed by atoms with E-state index >= 15 is 0 Å². The topological polar surface area (TPSA) is 18.5 Å². The fraction of sp³-hybridized carbons (Fsp3) is 0.400. The van der Waals surface area contributed by atoms with Crippen LogP contribution in [0.2, 0.25) is 0 Å². The van der Waals surface area contributed by atoms with Crippen molar-refractivity contribution in [3.63, 3.8) is 0 Å². The second-order valence-corrected chi connectivity index (χ2v) is 9.93. The lowest BCUT2D eigenvalue weighted by Crippen LogP contribution is -2.26. The molecule has 1 heterocycles. The highest BCUT2D eigenvalue weighted by Gasteiger charge is 2.42. The van der Waals surface area contributed by atoms with E-state index in [9.17, 15) is 30.7 Å². The molecule has 0 bridgehead atoms. The van der Waals surface area contributed by atoms with Crippen LogP contribution in [-0.2, 0) is 10.8 Å². The molecule has 2 unspecified atom stereocenters. The summed E-state index contributed by atoms with van der Waals surface area (Å²) in [5.74, 6) is -9.19. The lowest BCUT2D eigenvalue weighted by Gasteiger charge is -2.29. The van der Waals surface area contributed by atoms with Gasteiger partial charge in [0, 0.05) is 11.6 Å². The van der Waals surface area contributed by atoms with E-state index < -0.39 is 52.1 Å². The molecule has 2 nitrogen and oxygen atoms in total. The summed E-state index contributed by atoms with van der Waals surface area (Å²) in [6.45, 7) is 3.72. The predicted octanol–water partition coefficient (Wildman–Crippen LogP) is 9.53. The normalized spacial score (nSPS) is 17.9. The molecule has 3 aromatic carbocycles. The van der Waals surface area contributed by atoms with Gasteiger partial charge in [0.05, 0.1) is 12.7 Å². The van der Waals surface area contributed by atoms with Crippen LogP contribution in [0.1, 0.15) is 68.2 Å². The van der Waals surface area contributed by atoms with Crippen molar-refractivity contribution in [2.45, 2.75) is 64.6 Å². The highest BCUT2D eigenvalue weighted by molar-refractivity contribution is 5.64. The molecule has 1 fully saturated rings. The Kier molecular flexibility index (Phi) is 8.89. The van der Waals surface area contributed by atoms with Gasteiger partial charge in [0.15, 0.2) is 17.5 Å². The van der Waals surface area contributed by atoms with Crippen molar-refractivity contribution in [1.29, 1.82) is 0 Å². The summed E-state index contributed by atoms with van der Waals surface area (Å²) < 4.78 is 110. The average molecular weight is 555 g/mol. The van der Waals surface area contributed by atoms with Crippen molar-refractivity contribution in [1.82, 2.24) is 0 Å². The third-order valence-corrected chi connectivity index (χ3v) is 7.13. The van der Waals surface area contributed by atoms with E-state index in [0.29, 0.717) is 18.1 Å². The predicted molar refractivity (Wildman–Crippen MR) is 133 cm³/mol. The van der Waals surface area contributed by atoms with Crippen molar-refractivity contribution >= 4 is 0 Å². The van der Waals surface area contributed by atoms with Gasteiger partial charge in [-0.2, -0.15) is 8.78 Å². The fourth-order valence-corrected chi connectivity index (χ4v) is 4.85. The van der Waals surface area contributed by atoms with Crippen LogP contribution in [-0.4, -0.2) is 6.61 Å². The minimum absolute atomic E-state index is 0.00621. The summed E-state index contributed by atoms with van der Waals surface area (Å²) >= 11 is 0. The van der Waals surface area contributed by atoms with Gasteiger partial charge in [0.2, 0.25) is 0 Å². The molecule has 0 amide bonds. The van der Waals surface area contributed by atoms with Crippen LogP contribution in [0.5, 0.6) is 5.75 Å². The minimum atomic E-state index is -4.65. The molecule has 0 radical (unpaired) electrons. The highest BCUT2D eigenvalue weighted by atomic mass is 19.3. The third-order valence-electron chi connectivity index (χ3n) is 7.13. The molecule has 39 heavy (non-hydrogen) atoms. The smallest absolute Gasteiger partial charge is 0.428 e. The molecule has 0 spiro atoms. The molecule has 4 rings (SSSR count). The molecule has 3 aromatic rings. The summed E-state index contributed by atoms with van der Waals surface area (Å²) in [6.07, 6.45) is 1.91. The van der Waals surface area contributed by atoms with Crippen LogP contribution in [0, 0.1) is 41.9 Å². The zero-order chi connectivity index (χ0) is 28.3. The third kappa shape index (κ3) is 6.40. The Morgan fingerprint density at radius 1 is 0.846 bits per heavy atom. The van der Waals surface area contributed by atoms with Crippen molar-refractivity contribution in [2.75, 3.05) is 6.61 Å². The van der Waals surface area contributed by atoms with Gasteiger partial charge in [0.1, 0.15) is 22.9 Å². The number of benzene rings is 3. The van der Waals surface area contributed by atoms with E-state index in [2.05, 4.69) is 11.7 Å². The molecule has 1 aliphatic rings. The van der Waals surface area contributed by atoms with E-state index in [0.717, 1.165) is 43.9 Å². The zero-order valence-electron chi connectivity index (χ0n) is 21.6. The minimum Gasteiger partial charge on any atom is -0.428 e. The number of alkyl halides is 2. The SMILES string of the molecule is CCCCCC1CCC(c2ccc(-c3cc(F)c(C(F)(F)Oc4cc(F)c(F)c(F)c4C)c(F)c3)cc2)OC1. The Morgan fingerprint density at radius 2 is 1.51 bits per heavy atom. The molecule has 0 saturated carbocycles. The van der Waals surface area contributed by atoms with E-state index in [1.807, 2.05) is 0 Å². The quantitative estimate of drug-likeness (QED) is 0.149. The number of hydrogen-bond donors (Lipinski definition) is 0. The van der Waals surface area contributed by atoms with Crippen molar-refractivity contribution in [3.8, 4) is 16.9 Å². The van der Waals surface area contributed by atoms with Crippen LogP contribution in [0.25, 0.3) is 11.1 Å². The summed E-state index contributed by atoms with van der Waals surface area (Å²) in [5.41, 5.74) is -1.21. The zero-order valence-corrected chi connectivity index (χ0v) is 21.6. The largest absolute Gasteiger partial charge is 0.432 e. The van der Waals surface area contributed by atoms with E-state index in [-0.39, 0.29) is 17.7 Å². The molecule has 0 aromatic heterocycles. The molecule has 210 valence electrons. The average Bonchev–Trinajstić information content (AvgIpc) is 2.90. The summed E-state index contributed by atoms with van der Waals surface area (Å²) in [6, 6.07) is 8.45. The summed E-state index contributed by atoms with van der Waals surface area (Å²) in [5, 5.41) is 0. The number of halogens is 7. The first kappa shape index (κ1) is 28.9. The molecule has 2 atom stereocenters. The molecule has 9 heteroatoms. The van der Waals surface area contributed by atoms with Crippen LogP contribution in [0.15, 0.2) is 42.5 Å². The first-order valence-corrected chi connectivity index (χ1v) is 12.9. The lowest BCUT2D eigenvalue weighted by atomic mass is 9.90. The number of hydrogen-bond acceptors (Lipinski definition) is 2. The van der Waals surface area contributed by atoms with E-state index in [4.69, 9.17) is 4.74 Å². The fourth-order valence-electron chi connectivity index (χ4n) is 4.85. The lowest BCUT2D eigenvalue weighted by molar-refractivity contribution is -0.190. The van der Waals surface area contributed by atoms with Crippen LogP contribution >= 0.6 is 0 Å². The Balaban J connectivity index is 1.49. The van der Waals surface area contributed by atoms with Crippen LogP contribution in [0.3, 0.4) is 0 Å². The van der Waals surface area contributed by atoms with E-state index in [1.54, 1.807) is 24.3 Å². The summed E-state index contributed by atoms with van der Waals surface area (Å²) in [7, 11) is 0. The second kappa shape index (κ2) is 12.0. The van der Waals surface area contributed by atoms with Crippen molar-refractivity contribution in [2.24, 2.45) is 5.92 Å². The van der Waals surface area contributed by atoms with Gasteiger partial charge in [-0.1, -0.05) is 50.5 Å². The second-order valence-electron chi connectivity index (χ2n) is 9.93. The number of unbranched alkanes of at least 4 members (excludes halogenated alkanes) is 2. The summed E-state index contributed by atoms with van der Waals surface area (Å²) in [4.78, 5) is 0. The maximum atomic E-state index is 14.8. The van der Waals surface area contributed by atoms with Gasteiger partial charge in [0.25, 0.3) is 0 Å².